The smallest absolute Gasteiger partial charge is 0.217 e. The molecule has 1 aromatic rings. The van der Waals surface area contributed by atoms with Crippen molar-refractivity contribution in [1.29, 1.82) is 0 Å². The summed E-state index contributed by atoms with van der Waals surface area (Å²) in [7, 11) is 0. The number of nitrogens with two attached hydrogens (primary N) is 1. The number of rotatable bonds is 2. The second kappa shape index (κ2) is 4.33. The van der Waals surface area contributed by atoms with Crippen LogP contribution in [0, 0.1) is 6.92 Å². The molecule has 76 valence electrons. The molecule has 0 spiro atoms. The van der Waals surface area contributed by atoms with Gasteiger partial charge in [0.2, 0.25) is 5.91 Å². The second-order valence-electron chi connectivity index (χ2n) is 3.21. The van der Waals surface area contributed by atoms with Crippen LogP contribution in [0.2, 0.25) is 5.02 Å². The lowest BCUT2D eigenvalue weighted by Crippen LogP contribution is -2.19. The fraction of sp³-hybridized carbons (Fsp3) is 0.300. The fourth-order valence-corrected chi connectivity index (χ4v) is 1.38. The molecule has 0 aliphatic rings. The van der Waals surface area contributed by atoms with Crippen LogP contribution in [-0.4, -0.2) is 5.91 Å². The summed E-state index contributed by atoms with van der Waals surface area (Å²) in [5.41, 5.74) is 8.20. The number of hydrogen-bond acceptors (Lipinski definition) is 2. The zero-order valence-corrected chi connectivity index (χ0v) is 8.98. The standard InChI is InChI=1S/C10H13ClN2O/c1-6-3-9(11)8(4-10(6)12)5-13-7(2)14/h3-4H,5,12H2,1-2H3,(H,13,14). The summed E-state index contributed by atoms with van der Waals surface area (Å²) < 4.78 is 0. The number of aryl methyl sites for hydroxylation is 1. The second-order valence-corrected chi connectivity index (χ2v) is 3.62. The van der Waals surface area contributed by atoms with Crippen molar-refractivity contribution in [3.8, 4) is 0 Å². The Morgan fingerprint density at radius 3 is 2.79 bits per heavy atom. The molecule has 3 N–H and O–H groups in total. The maximum atomic E-state index is 10.7. The molecule has 3 nitrogen and oxygen atoms in total. The molecule has 14 heavy (non-hydrogen) atoms. The molecular weight excluding hydrogens is 200 g/mol. The maximum Gasteiger partial charge on any atom is 0.217 e. The van der Waals surface area contributed by atoms with Gasteiger partial charge in [-0.05, 0) is 30.2 Å². The Kier molecular flexibility index (Phi) is 3.36. The monoisotopic (exact) mass is 212 g/mol. The quantitative estimate of drug-likeness (QED) is 0.736. The van der Waals surface area contributed by atoms with Gasteiger partial charge in [-0.1, -0.05) is 11.6 Å². The zero-order chi connectivity index (χ0) is 10.7. The predicted octanol–water partition coefficient (Wildman–Crippen LogP) is 1.87. The van der Waals surface area contributed by atoms with Gasteiger partial charge in [0.1, 0.15) is 0 Å². The highest BCUT2D eigenvalue weighted by atomic mass is 35.5. The van der Waals surface area contributed by atoms with Gasteiger partial charge in [-0.2, -0.15) is 0 Å². The highest BCUT2D eigenvalue weighted by Gasteiger charge is 2.04. The molecule has 0 saturated heterocycles. The van der Waals surface area contributed by atoms with Crippen LogP contribution in [0.4, 0.5) is 5.69 Å². The Balaban J connectivity index is 2.87. The molecule has 0 saturated carbocycles. The van der Waals surface area contributed by atoms with Gasteiger partial charge in [0, 0.05) is 24.2 Å². The van der Waals surface area contributed by atoms with E-state index in [1.54, 1.807) is 12.1 Å². The van der Waals surface area contributed by atoms with Crippen LogP contribution in [0.1, 0.15) is 18.1 Å². The van der Waals surface area contributed by atoms with E-state index >= 15 is 0 Å². The van der Waals surface area contributed by atoms with Crippen molar-refractivity contribution in [2.24, 2.45) is 0 Å². The first-order valence-electron chi connectivity index (χ1n) is 4.29. The number of hydrogen-bond donors (Lipinski definition) is 2. The van der Waals surface area contributed by atoms with Crippen molar-refractivity contribution in [2.75, 3.05) is 5.73 Å². The van der Waals surface area contributed by atoms with Crippen LogP contribution in [0.5, 0.6) is 0 Å². The first-order valence-corrected chi connectivity index (χ1v) is 4.67. The van der Waals surface area contributed by atoms with Gasteiger partial charge in [-0.15, -0.1) is 0 Å². The van der Waals surface area contributed by atoms with Crippen molar-refractivity contribution in [3.63, 3.8) is 0 Å². The minimum atomic E-state index is -0.0831. The number of halogens is 1. The van der Waals surface area contributed by atoms with Gasteiger partial charge in [0.15, 0.2) is 0 Å². The van der Waals surface area contributed by atoms with E-state index in [4.69, 9.17) is 17.3 Å². The molecule has 0 aliphatic carbocycles. The van der Waals surface area contributed by atoms with Crippen molar-refractivity contribution in [2.45, 2.75) is 20.4 Å². The third kappa shape index (κ3) is 2.64. The number of amides is 1. The van der Waals surface area contributed by atoms with Gasteiger partial charge in [-0.25, -0.2) is 0 Å². The van der Waals surface area contributed by atoms with Gasteiger partial charge in [-0.3, -0.25) is 4.79 Å². The summed E-state index contributed by atoms with van der Waals surface area (Å²) in [5.74, 6) is -0.0831. The van der Waals surface area contributed by atoms with E-state index in [9.17, 15) is 4.79 Å². The Labute approximate surface area is 88.2 Å². The third-order valence-corrected chi connectivity index (χ3v) is 2.31. The number of nitrogen functional groups attached to an aromatic ring is 1. The molecular formula is C10H13ClN2O. The Hall–Kier alpha value is -1.22. The van der Waals surface area contributed by atoms with Crippen LogP contribution >= 0.6 is 11.6 Å². The fourth-order valence-electron chi connectivity index (χ4n) is 1.09. The highest BCUT2D eigenvalue weighted by Crippen LogP contribution is 2.22. The number of anilines is 1. The lowest BCUT2D eigenvalue weighted by atomic mass is 10.1. The molecule has 1 rings (SSSR count). The van der Waals surface area contributed by atoms with Crippen LogP contribution in [0.25, 0.3) is 0 Å². The predicted molar refractivity (Wildman–Crippen MR) is 58.1 cm³/mol. The summed E-state index contributed by atoms with van der Waals surface area (Å²) in [5, 5.41) is 3.30. The van der Waals surface area contributed by atoms with Crippen LogP contribution < -0.4 is 11.1 Å². The Morgan fingerprint density at radius 2 is 2.21 bits per heavy atom. The molecule has 1 amide bonds. The molecule has 1 aromatic carbocycles. The SMILES string of the molecule is CC(=O)NCc1cc(N)c(C)cc1Cl. The van der Waals surface area contributed by atoms with Crippen LogP contribution in [0.15, 0.2) is 12.1 Å². The normalized spacial score (nSPS) is 9.93. The molecule has 0 heterocycles. The van der Waals surface area contributed by atoms with Crippen molar-refractivity contribution < 1.29 is 4.79 Å². The van der Waals surface area contributed by atoms with Crippen LogP contribution in [-0.2, 0) is 11.3 Å². The van der Waals surface area contributed by atoms with E-state index in [1.807, 2.05) is 6.92 Å². The van der Waals surface area contributed by atoms with Gasteiger partial charge in [0.25, 0.3) is 0 Å². The lowest BCUT2D eigenvalue weighted by molar-refractivity contribution is -0.119. The summed E-state index contributed by atoms with van der Waals surface area (Å²) in [6.07, 6.45) is 0. The van der Waals surface area contributed by atoms with E-state index in [-0.39, 0.29) is 5.91 Å². The number of benzene rings is 1. The van der Waals surface area contributed by atoms with Crippen molar-refractivity contribution >= 4 is 23.2 Å². The lowest BCUT2D eigenvalue weighted by Gasteiger charge is -2.08. The third-order valence-electron chi connectivity index (χ3n) is 1.96. The van der Waals surface area contributed by atoms with E-state index < -0.39 is 0 Å². The average Bonchev–Trinajstić information content (AvgIpc) is 2.09. The first kappa shape index (κ1) is 10.9. The minimum absolute atomic E-state index is 0.0831. The summed E-state index contributed by atoms with van der Waals surface area (Å²) in [6, 6.07) is 3.58. The molecule has 0 aliphatic heterocycles. The molecule has 0 aromatic heterocycles. The Bertz CT molecular complexity index is 363. The molecule has 0 bridgehead atoms. The number of carbonyl (C=O) groups excluding carboxylic acids is 1. The molecule has 0 fully saturated rings. The minimum Gasteiger partial charge on any atom is -0.399 e. The van der Waals surface area contributed by atoms with Gasteiger partial charge >= 0.3 is 0 Å². The summed E-state index contributed by atoms with van der Waals surface area (Å²) in [4.78, 5) is 10.7. The first-order chi connectivity index (χ1) is 6.50. The highest BCUT2D eigenvalue weighted by molar-refractivity contribution is 6.31. The van der Waals surface area contributed by atoms with E-state index in [2.05, 4.69) is 5.32 Å². The van der Waals surface area contributed by atoms with Gasteiger partial charge < -0.3 is 11.1 Å². The maximum absolute atomic E-state index is 10.7. The van der Waals surface area contributed by atoms with E-state index in [1.165, 1.54) is 6.92 Å². The molecule has 0 radical (unpaired) electrons. The van der Waals surface area contributed by atoms with Crippen molar-refractivity contribution in [1.82, 2.24) is 5.32 Å². The van der Waals surface area contributed by atoms with Crippen molar-refractivity contribution in [3.05, 3.63) is 28.3 Å². The molecule has 4 heteroatoms. The number of carbonyl (C=O) groups is 1. The molecule has 0 atom stereocenters. The molecule has 0 unspecified atom stereocenters. The number of nitrogens with one attached hydrogen (secondary N) is 1. The summed E-state index contributed by atoms with van der Waals surface area (Å²) >= 11 is 5.98. The average molecular weight is 213 g/mol. The topological polar surface area (TPSA) is 55.1 Å². The Morgan fingerprint density at radius 1 is 1.57 bits per heavy atom. The van der Waals surface area contributed by atoms with Gasteiger partial charge in [0.05, 0.1) is 0 Å². The van der Waals surface area contributed by atoms with E-state index in [0.29, 0.717) is 17.3 Å². The van der Waals surface area contributed by atoms with E-state index in [0.717, 1.165) is 11.1 Å². The van der Waals surface area contributed by atoms with Crippen LogP contribution in [0.3, 0.4) is 0 Å². The summed E-state index contributed by atoms with van der Waals surface area (Å²) in [6.45, 7) is 3.77. The zero-order valence-electron chi connectivity index (χ0n) is 8.23. The largest absolute Gasteiger partial charge is 0.399 e.